The van der Waals surface area contributed by atoms with E-state index < -0.39 is 0 Å². The molecule has 1 atom stereocenters. The fourth-order valence-electron chi connectivity index (χ4n) is 2.74. The fraction of sp³-hybridized carbons (Fsp3) is 0.562. The molecule has 4 nitrogen and oxygen atoms in total. The monoisotopic (exact) mass is 309 g/mol. The zero-order chi connectivity index (χ0) is 15.2. The summed E-state index contributed by atoms with van der Waals surface area (Å²) in [5.41, 5.74) is 1.76. The molecule has 1 fully saturated rings. The second-order valence-corrected chi connectivity index (χ2v) is 6.35. The molecule has 1 saturated heterocycles. The van der Waals surface area contributed by atoms with Crippen LogP contribution in [0.2, 0.25) is 5.02 Å². The van der Waals surface area contributed by atoms with Gasteiger partial charge in [-0.25, -0.2) is 0 Å². The van der Waals surface area contributed by atoms with E-state index in [1.54, 1.807) is 0 Å². The number of halogens is 1. The number of likely N-dealkylation sites (N-methyl/N-ethyl adjacent to an activating group) is 1. The third-order valence-electron chi connectivity index (χ3n) is 3.78. The molecule has 1 unspecified atom stereocenters. The number of hydrogen-bond acceptors (Lipinski definition) is 3. The van der Waals surface area contributed by atoms with Crippen LogP contribution in [-0.4, -0.2) is 44.0 Å². The Hall–Kier alpha value is -1.10. The lowest BCUT2D eigenvalue weighted by Crippen LogP contribution is -2.39. The van der Waals surface area contributed by atoms with Crippen LogP contribution in [0.15, 0.2) is 18.2 Å². The van der Waals surface area contributed by atoms with Crippen molar-refractivity contribution in [1.82, 2.24) is 10.2 Å². The Morgan fingerprint density at radius 1 is 1.52 bits per heavy atom. The van der Waals surface area contributed by atoms with E-state index in [0.717, 1.165) is 25.2 Å². The summed E-state index contributed by atoms with van der Waals surface area (Å²) in [5.74, 6) is 0.617. The third-order valence-corrected chi connectivity index (χ3v) is 4.09. The summed E-state index contributed by atoms with van der Waals surface area (Å²) in [4.78, 5) is 14.2. The second kappa shape index (κ2) is 7.78. The number of benzene rings is 1. The SMILES string of the molecule is Cc1ccc(NC(=O)CN(C)CC2CCCNC2)c(Cl)c1. The average molecular weight is 310 g/mol. The maximum atomic E-state index is 12.1. The Kier molecular flexibility index (Phi) is 6.03. The number of hydrogen-bond donors (Lipinski definition) is 2. The maximum absolute atomic E-state index is 12.1. The molecule has 0 aliphatic carbocycles. The van der Waals surface area contributed by atoms with Crippen LogP contribution in [-0.2, 0) is 4.79 Å². The standard InChI is InChI=1S/C16H24ClN3O/c1-12-5-6-15(14(17)8-12)19-16(21)11-20(2)10-13-4-3-7-18-9-13/h5-6,8,13,18H,3-4,7,9-11H2,1-2H3,(H,19,21). The van der Waals surface area contributed by atoms with Crippen LogP contribution in [0.3, 0.4) is 0 Å². The zero-order valence-electron chi connectivity index (χ0n) is 12.8. The lowest BCUT2D eigenvalue weighted by Gasteiger charge is -2.27. The number of aryl methyl sites for hydroxylation is 1. The van der Waals surface area contributed by atoms with Crippen LogP contribution in [0.25, 0.3) is 0 Å². The van der Waals surface area contributed by atoms with Crippen LogP contribution < -0.4 is 10.6 Å². The van der Waals surface area contributed by atoms with Crippen molar-refractivity contribution in [2.75, 3.05) is 38.5 Å². The summed E-state index contributed by atoms with van der Waals surface area (Å²) in [6.45, 7) is 5.48. The van der Waals surface area contributed by atoms with Gasteiger partial charge in [0, 0.05) is 6.54 Å². The molecule has 5 heteroatoms. The van der Waals surface area contributed by atoms with E-state index in [-0.39, 0.29) is 5.91 Å². The molecule has 116 valence electrons. The van der Waals surface area contributed by atoms with Gasteiger partial charge >= 0.3 is 0 Å². The second-order valence-electron chi connectivity index (χ2n) is 5.94. The predicted octanol–water partition coefficient (Wildman–Crippen LogP) is 2.52. The van der Waals surface area contributed by atoms with Gasteiger partial charge in [0.2, 0.25) is 5.91 Å². The van der Waals surface area contributed by atoms with Gasteiger partial charge in [0.25, 0.3) is 0 Å². The highest BCUT2D eigenvalue weighted by Gasteiger charge is 2.16. The van der Waals surface area contributed by atoms with Gasteiger partial charge in [-0.1, -0.05) is 17.7 Å². The molecule has 1 aliphatic rings. The number of anilines is 1. The van der Waals surface area contributed by atoms with E-state index in [1.807, 2.05) is 32.2 Å². The van der Waals surface area contributed by atoms with Gasteiger partial charge in [-0.15, -0.1) is 0 Å². The normalized spacial score (nSPS) is 18.8. The van der Waals surface area contributed by atoms with Crippen molar-refractivity contribution in [3.8, 4) is 0 Å². The van der Waals surface area contributed by atoms with Crippen LogP contribution in [0.5, 0.6) is 0 Å². The summed E-state index contributed by atoms with van der Waals surface area (Å²) < 4.78 is 0. The minimum Gasteiger partial charge on any atom is -0.324 e. The van der Waals surface area contributed by atoms with Gasteiger partial charge in [-0.3, -0.25) is 9.69 Å². The summed E-state index contributed by atoms with van der Waals surface area (Å²) in [6.07, 6.45) is 2.46. The topological polar surface area (TPSA) is 44.4 Å². The minimum atomic E-state index is -0.0213. The molecule has 2 N–H and O–H groups in total. The number of amides is 1. The summed E-state index contributed by atoms with van der Waals surface area (Å²) in [6, 6.07) is 5.65. The lowest BCUT2D eigenvalue weighted by molar-refractivity contribution is -0.117. The van der Waals surface area contributed by atoms with Gasteiger partial charge in [-0.05, 0) is 63.5 Å². The largest absolute Gasteiger partial charge is 0.324 e. The van der Waals surface area contributed by atoms with Crippen molar-refractivity contribution in [3.05, 3.63) is 28.8 Å². The van der Waals surface area contributed by atoms with Crippen molar-refractivity contribution in [2.45, 2.75) is 19.8 Å². The maximum Gasteiger partial charge on any atom is 0.238 e. The molecule has 0 spiro atoms. The van der Waals surface area contributed by atoms with Gasteiger partial charge in [-0.2, -0.15) is 0 Å². The van der Waals surface area contributed by atoms with Crippen molar-refractivity contribution in [3.63, 3.8) is 0 Å². The zero-order valence-corrected chi connectivity index (χ0v) is 13.5. The first-order chi connectivity index (χ1) is 10.0. The van der Waals surface area contributed by atoms with E-state index in [9.17, 15) is 4.79 Å². The third kappa shape index (κ3) is 5.30. The highest BCUT2D eigenvalue weighted by Crippen LogP contribution is 2.22. The molecule has 1 amide bonds. The van der Waals surface area contributed by atoms with Crippen LogP contribution in [0, 0.1) is 12.8 Å². The molecule has 1 heterocycles. The van der Waals surface area contributed by atoms with Crippen LogP contribution >= 0.6 is 11.6 Å². The Labute approximate surface area is 131 Å². The van der Waals surface area contributed by atoms with E-state index in [2.05, 4.69) is 15.5 Å². The smallest absolute Gasteiger partial charge is 0.238 e. The first-order valence-electron chi connectivity index (χ1n) is 7.50. The molecular weight excluding hydrogens is 286 g/mol. The number of carbonyl (C=O) groups excluding carboxylic acids is 1. The van der Waals surface area contributed by atoms with E-state index in [0.29, 0.717) is 23.2 Å². The molecule has 1 aromatic rings. The molecule has 2 rings (SSSR count). The molecule has 0 radical (unpaired) electrons. The van der Waals surface area contributed by atoms with E-state index >= 15 is 0 Å². The molecule has 0 saturated carbocycles. The Balaban J connectivity index is 1.80. The van der Waals surface area contributed by atoms with Crippen LogP contribution in [0.1, 0.15) is 18.4 Å². The minimum absolute atomic E-state index is 0.0213. The molecule has 1 aromatic carbocycles. The molecule has 0 bridgehead atoms. The van der Waals surface area contributed by atoms with E-state index in [4.69, 9.17) is 11.6 Å². The van der Waals surface area contributed by atoms with E-state index in [1.165, 1.54) is 12.8 Å². The Bertz CT molecular complexity index is 486. The molecule has 0 aromatic heterocycles. The lowest BCUT2D eigenvalue weighted by atomic mass is 9.99. The average Bonchev–Trinajstić information content (AvgIpc) is 2.43. The Morgan fingerprint density at radius 3 is 3.00 bits per heavy atom. The number of rotatable bonds is 5. The molecule has 21 heavy (non-hydrogen) atoms. The van der Waals surface area contributed by atoms with Gasteiger partial charge in [0.15, 0.2) is 0 Å². The van der Waals surface area contributed by atoms with Gasteiger partial charge < -0.3 is 10.6 Å². The van der Waals surface area contributed by atoms with Crippen molar-refractivity contribution in [2.24, 2.45) is 5.92 Å². The molecule has 1 aliphatic heterocycles. The highest BCUT2D eigenvalue weighted by atomic mass is 35.5. The Morgan fingerprint density at radius 2 is 2.33 bits per heavy atom. The summed E-state index contributed by atoms with van der Waals surface area (Å²) in [5, 5.41) is 6.86. The first kappa shape index (κ1) is 16.3. The van der Waals surface area contributed by atoms with Crippen LogP contribution in [0.4, 0.5) is 5.69 Å². The van der Waals surface area contributed by atoms with Gasteiger partial charge in [0.1, 0.15) is 0 Å². The molecular formula is C16H24ClN3O. The van der Waals surface area contributed by atoms with Gasteiger partial charge in [0.05, 0.1) is 17.3 Å². The number of piperidine rings is 1. The number of nitrogens with zero attached hydrogens (tertiary/aromatic N) is 1. The van der Waals surface area contributed by atoms with Crippen molar-refractivity contribution in [1.29, 1.82) is 0 Å². The van der Waals surface area contributed by atoms with Crippen molar-refractivity contribution >= 4 is 23.2 Å². The fourth-order valence-corrected chi connectivity index (χ4v) is 3.02. The summed E-state index contributed by atoms with van der Waals surface area (Å²) in [7, 11) is 1.99. The predicted molar refractivity (Wildman–Crippen MR) is 87.9 cm³/mol. The number of nitrogens with one attached hydrogen (secondary N) is 2. The quantitative estimate of drug-likeness (QED) is 0.878. The first-order valence-corrected chi connectivity index (χ1v) is 7.87. The highest BCUT2D eigenvalue weighted by molar-refractivity contribution is 6.33. The van der Waals surface area contributed by atoms with Crippen molar-refractivity contribution < 1.29 is 4.79 Å². The number of carbonyl (C=O) groups is 1. The summed E-state index contributed by atoms with van der Waals surface area (Å²) >= 11 is 6.13.